The SMILES string of the molecule is COc1ccc(Cl)c2sc(N3CCC(C(=O)NC(C)(C)C)C3)nc12. The number of carbonyl (C=O) groups is 1. The fourth-order valence-corrected chi connectivity index (χ4v) is 4.15. The number of halogens is 1. The lowest BCUT2D eigenvalue weighted by molar-refractivity contribution is -0.125. The van der Waals surface area contributed by atoms with Crippen molar-refractivity contribution in [2.24, 2.45) is 5.92 Å². The summed E-state index contributed by atoms with van der Waals surface area (Å²) < 4.78 is 6.30. The summed E-state index contributed by atoms with van der Waals surface area (Å²) in [5.41, 5.74) is 0.578. The van der Waals surface area contributed by atoms with Crippen molar-refractivity contribution in [3.63, 3.8) is 0 Å². The zero-order chi connectivity index (χ0) is 17.5. The third kappa shape index (κ3) is 3.44. The number of rotatable bonds is 3. The van der Waals surface area contributed by atoms with E-state index in [1.807, 2.05) is 32.9 Å². The monoisotopic (exact) mass is 367 g/mol. The molecule has 2 aromatic rings. The zero-order valence-corrected chi connectivity index (χ0v) is 15.9. The van der Waals surface area contributed by atoms with Crippen LogP contribution in [0.25, 0.3) is 10.2 Å². The van der Waals surface area contributed by atoms with Gasteiger partial charge in [0, 0.05) is 18.6 Å². The topological polar surface area (TPSA) is 54.5 Å². The lowest BCUT2D eigenvalue weighted by atomic mass is 10.0. The van der Waals surface area contributed by atoms with Gasteiger partial charge in [-0.25, -0.2) is 4.98 Å². The highest BCUT2D eigenvalue weighted by Gasteiger charge is 2.31. The fourth-order valence-electron chi connectivity index (χ4n) is 2.86. The van der Waals surface area contributed by atoms with E-state index in [9.17, 15) is 4.79 Å². The van der Waals surface area contributed by atoms with Gasteiger partial charge in [0.2, 0.25) is 5.91 Å². The zero-order valence-electron chi connectivity index (χ0n) is 14.4. The van der Waals surface area contributed by atoms with Crippen LogP contribution in [0, 0.1) is 5.92 Å². The van der Waals surface area contributed by atoms with Crippen LogP contribution < -0.4 is 15.0 Å². The Morgan fingerprint density at radius 1 is 1.46 bits per heavy atom. The van der Waals surface area contributed by atoms with Gasteiger partial charge in [-0.1, -0.05) is 22.9 Å². The molecule has 1 N–H and O–H groups in total. The van der Waals surface area contributed by atoms with Crippen LogP contribution in [0.2, 0.25) is 5.02 Å². The summed E-state index contributed by atoms with van der Waals surface area (Å²) in [5, 5.41) is 4.63. The second kappa shape index (κ2) is 6.41. The van der Waals surface area contributed by atoms with Crippen molar-refractivity contribution in [2.45, 2.75) is 32.7 Å². The molecule has 1 atom stereocenters. The molecule has 0 radical (unpaired) electrons. The van der Waals surface area contributed by atoms with Gasteiger partial charge in [0.05, 0.1) is 22.8 Å². The van der Waals surface area contributed by atoms with E-state index in [2.05, 4.69) is 10.2 Å². The Morgan fingerprint density at radius 2 is 2.21 bits per heavy atom. The third-order valence-corrected chi connectivity index (χ3v) is 5.57. The first-order valence-corrected chi connectivity index (χ1v) is 9.18. The van der Waals surface area contributed by atoms with E-state index in [0.717, 1.165) is 34.1 Å². The second-order valence-corrected chi connectivity index (χ2v) is 8.48. The van der Waals surface area contributed by atoms with Crippen LogP contribution >= 0.6 is 22.9 Å². The van der Waals surface area contributed by atoms with E-state index < -0.39 is 0 Å². The van der Waals surface area contributed by atoms with E-state index in [1.54, 1.807) is 18.4 Å². The van der Waals surface area contributed by atoms with Crippen molar-refractivity contribution >= 4 is 44.2 Å². The molecule has 7 heteroatoms. The predicted octanol–water partition coefficient (Wildman–Crippen LogP) is 3.70. The largest absolute Gasteiger partial charge is 0.494 e. The first-order valence-electron chi connectivity index (χ1n) is 7.98. The number of amides is 1. The molecule has 0 spiro atoms. The second-order valence-electron chi connectivity index (χ2n) is 7.09. The Bertz CT molecular complexity index is 769. The molecule has 1 amide bonds. The van der Waals surface area contributed by atoms with E-state index >= 15 is 0 Å². The minimum absolute atomic E-state index is 0.00592. The van der Waals surface area contributed by atoms with Crippen LogP contribution in [-0.4, -0.2) is 36.6 Å². The minimum atomic E-state index is -0.207. The molecule has 0 saturated carbocycles. The van der Waals surface area contributed by atoms with Gasteiger partial charge in [-0.15, -0.1) is 0 Å². The molecule has 1 aliphatic rings. The molecule has 3 rings (SSSR count). The van der Waals surface area contributed by atoms with Crippen molar-refractivity contribution in [1.82, 2.24) is 10.3 Å². The molecule has 0 aliphatic carbocycles. The highest BCUT2D eigenvalue weighted by molar-refractivity contribution is 7.22. The maximum Gasteiger partial charge on any atom is 0.225 e. The Morgan fingerprint density at radius 3 is 2.88 bits per heavy atom. The summed E-state index contributed by atoms with van der Waals surface area (Å²) in [7, 11) is 1.63. The number of fused-ring (bicyclic) bond motifs is 1. The minimum Gasteiger partial charge on any atom is -0.494 e. The van der Waals surface area contributed by atoms with E-state index in [4.69, 9.17) is 21.3 Å². The van der Waals surface area contributed by atoms with Gasteiger partial charge in [-0.2, -0.15) is 0 Å². The molecule has 5 nitrogen and oxygen atoms in total. The summed E-state index contributed by atoms with van der Waals surface area (Å²) in [6, 6.07) is 3.66. The van der Waals surface area contributed by atoms with Gasteiger partial charge in [0.25, 0.3) is 0 Å². The summed E-state index contributed by atoms with van der Waals surface area (Å²) in [6.45, 7) is 7.50. The van der Waals surface area contributed by atoms with E-state index in [0.29, 0.717) is 11.6 Å². The number of anilines is 1. The standard InChI is InChI=1S/C17H22ClN3O2S/c1-17(2,3)20-15(22)10-7-8-21(9-10)16-19-13-12(23-4)6-5-11(18)14(13)24-16/h5-6,10H,7-9H2,1-4H3,(H,20,22). The summed E-state index contributed by atoms with van der Waals surface area (Å²) >= 11 is 7.84. The third-order valence-electron chi connectivity index (χ3n) is 3.99. The van der Waals surface area contributed by atoms with Crippen molar-refractivity contribution < 1.29 is 9.53 Å². The molecular formula is C17H22ClN3O2S. The van der Waals surface area contributed by atoms with Crippen LogP contribution in [0.3, 0.4) is 0 Å². The summed E-state index contributed by atoms with van der Waals surface area (Å²) in [6.07, 6.45) is 0.836. The average molecular weight is 368 g/mol. The Labute approximate surface area is 151 Å². The molecule has 1 aromatic heterocycles. The van der Waals surface area contributed by atoms with E-state index in [1.165, 1.54) is 0 Å². The number of methoxy groups -OCH3 is 1. The maximum atomic E-state index is 12.4. The van der Waals surface area contributed by atoms with Crippen molar-refractivity contribution in [3.8, 4) is 5.75 Å². The van der Waals surface area contributed by atoms with E-state index in [-0.39, 0.29) is 17.4 Å². The molecule has 24 heavy (non-hydrogen) atoms. The highest BCUT2D eigenvalue weighted by Crippen LogP contribution is 2.39. The molecular weight excluding hydrogens is 346 g/mol. The first kappa shape index (κ1) is 17.3. The predicted molar refractivity (Wildman–Crippen MR) is 99.4 cm³/mol. The number of hydrogen-bond donors (Lipinski definition) is 1. The van der Waals surface area contributed by atoms with Gasteiger partial charge >= 0.3 is 0 Å². The molecule has 1 saturated heterocycles. The maximum absolute atomic E-state index is 12.4. The van der Waals surface area contributed by atoms with Crippen LogP contribution in [0.5, 0.6) is 5.75 Å². The van der Waals surface area contributed by atoms with Gasteiger partial charge in [-0.3, -0.25) is 4.79 Å². The number of benzene rings is 1. The van der Waals surface area contributed by atoms with Gasteiger partial charge in [0.15, 0.2) is 5.13 Å². The molecule has 2 heterocycles. The number of aromatic nitrogens is 1. The molecule has 1 aromatic carbocycles. The number of ether oxygens (including phenoxy) is 1. The number of thiazole rings is 1. The van der Waals surface area contributed by atoms with Gasteiger partial charge in [0.1, 0.15) is 11.3 Å². The smallest absolute Gasteiger partial charge is 0.225 e. The quantitative estimate of drug-likeness (QED) is 0.898. The average Bonchev–Trinajstić information content (AvgIpc) is 3.13. The lowest BCUT2D eigenvalue weighted by Crippen LogP contribution is -2.44. The molecule has 0 bridgehead atoms. The number of nitrogens with one attached hydrogen (secondary N) is 1. The number of hydrogen-bond acceptors (Lipinski definition) is 5. The highest BCUT2D eigenvalue weighted by atomic mass is 35.5. The van der Waals surface area contributed by atoms with Crippen LogP contribution in [-0.2, 0) is 4.79 Å². The molecule has 1 fully saturated rings. The Balaban J connectivity index is 1.80. The van der Waals surface area contributed by atoms with Crippen molar-refractivity contribution in [2.75, 3.05) is 25.1 Å². The number of carbonyl (C=O) groups excluding carboxylic acids is 1. The summed E-state index contributed by atoms with van der Waals surface area (Å²) in [5.74, 6) is 0.827. The Hall–Kier alpha value is -1.53. The Kier molecular flexibility index (Phi) is 4.62. The molecule has 1 unspecified atom stereocenters. The lowest BCUT2D eigenvalue weighted by Gasteiger charge is -2.23. The van der Waals surface area contributed by atoms with Gasteiger partial charge < -0.3 is 15.0 Å². The van der Waals surface area contributed by atoms with Crippen molar-refractivity contribution in [3.05, 3.63) is 17.2 Å². The molecule has 1 aliphatic heterocycles. The van der Waals surface area contributed by atoms with Crippen LogP contribution in [0.1, 0.15) is 27.2 Å². The van der Waals surface area contributed by atoms with Gasteiger partial charge in [-0.05, 0) is 39.3 Å². The fraction of sp³-hybridized carbons (Fsp3) is 0.529. The normalized spacial score (nSPS) is 18.2. The van der Waals surface area contributed by atoms with Crippen LogP contribution in [0.15, 0.2) is 12.1 Å². The van der Waals surface area contributed by atoms with Crippen molar-refractivity contribution in [1.29, 1.82) is 0 Å². The number of nitrogens with zero attached hydrogens (tertiary/aromatic N) is 2. The first-order chi connectivity index (χ1) is 11.3. The summed E-state index contributed by atoms with van der Waals surface area (Å²) in [4.78, 5) is 19.2. The van der Waals surface area contributed by atoms with Crippen LogP contribution in [0.4, 0.5) is 5.13 Å². The molecule has 130 valence electrons.